The summed E-state index contributed by atoms with van der Waals surface area (Å²) in [5.74, 6) is 0.886. The molecule has 1 aromatic rings. The number of ketones is 1. The van der Waals surface area contributed by atoms with E-state index in [0.717, 1.165) is 30.6 Å². The van der Waals surface area contributed by atoms with E-state index in [1.807, 2.05) is 38.6 Å². The van der Waals surface area contributed by atoms with Gasteiger partial charge in [-0.05, 0) is 55.2 Å². The average Bonchev–Trinajstić information content (AvgIpc) is 3.02. The van der Waals surface area contributed by atoms with Crippen LogP contribution in [0.4, 0.5) is 0 Å². The minimum Gasteiger partial charge on any atom is -0.486 e. The van der Waals surface area contributed by atoms with Gasteiger partial charge in [0.15, 0.2) is 5.78 Å². The fourth-order valence-corrected chi connectivity index (χ4v) is 5.86. The standard InChI is InChI=1S/C25H35NO2S/c1-8-25(9-2,23-15-18(4)21(29-23)12-13-26)19-10-11-20(17(3)14-19)28-16-22(27)24(5,6)7/h10-11,14,23H,8-9,12,15-16H2,1-7H3. The van der Waals surface area contributed by atoms with Gasteiger partial charge in [-0.2, -0.15) is 5.26 Å². The molecule has 1 unspecified atom stereocenters. The highest BCUT2D eigenvalue weighted by molar-refractivity contribution is 8.04. The van der Waals surface area contributed by atoms with E-state index in [1.165, 1.54) is 16.0 Å². The van der Waals surface area contributed by atoms with E-state index in [-0.39, 0.29) is 23.2 Å². The first-order chi connectivity index (χ1) is 13.6. The summed E-state index contributed by atoms with van der Waals surface area (Å²) in [7, 11) is 0. The third-order valence-electron chi connectivity index (χ3n) is 6.31. The van der Waals surface area contributed by atoms with E-state index in [9.17, 15) is 4.79 Å². The maximum absolute atomic E-state index is 12.2. The van der Waals surface area contributed by atoms with Gasteiger partial charge in [0, 0.05) is 16.1 Å². The molecule has 0 fully saturated rings. The molecular weight excluding hydrogens is 378 g/mol. The molecule has 0 amide bonds. The van der Waals surface area contributed by atoms with Crippen LogP contribution in [0.15, 0.2) is 28.7 Å². The van der Waals surface area contributed by atoms with Gasteiger partial charge in [0.05, 0.1) is 12.5 Å². The van der Waals surface area contributed by atoms with Crippen molar-refractivity contribution in [3.8, 4) is 11.8 Å². The lowest BCUT2D eigenvalue weighted by atomic mass is 9.71. The number of Topliss-reactive ketones (excluding diaryl/α,β-unsaturated/α-hetero) is 1. The fourth-order valence-electron chi connectivity index (χ4n) is 4.06. The molecular formula is C25H35NO2S. The highest BCUT2D eigenvalue weighted by Crippen LogP contribution is 2.51. The third-order valence-corrected chi connectivity index (χ3v) is 7.99. The first-order valence-corrected chi connectivity index (χ1v) is 11.5. The van der Waals surface area contributed by atoms with Crippen molar-refractivity contribution in [2.75, 3.05) is 6.61 Å². The van der Waals surface area contributed by atoms with Gasteiger partial charge in [0.1, 0.15) is 12.4 Å². The topological polar surface area (TPSA) is 50.1 Å². The van der Waals surface area contributed by atoms with Crippen molar-refractivity contribution >= 4 is 17.5 Å². The maximum atomic E-state index is 12.2. The Balaban J connectivity index is 2.25. The Hall–Kier alpha value is -1.73. The molecule has 0 aliphatic carbocycles. The molecule has 1 aliphatic heterocycles. The van der Waals surface area contributed by atoms with Crippen LogP contribution in [0.25, 0.3) is 0 Å². The minimum absolute atomic E-state index is 0.0631. The Morgan fingerprint density at radius 3 is 2.41 bits per heavy atom. The van der Waals surface area contributed by atoms with Crippen molar-refractivity contribution in [3.05, 3.63) is 39.8 Å². The number of nitriles is 1. The van der Waals surface area contributed by atoms with Gasteiger partial charge in [-0.15, -0.1) is 11.8 Å². The molecule has 0 N–H and O–H groups in total. The van der Waals surface area contributed by atoms with E-state index >= 15 is 0 Å². The molecule has 0 saturated carbocycles. The Kier molecular flexibility index (Phi) is 7.62. The largest absolute Gasteiger partial charge is 0.486 e. The number of benzene rings is 1. The molecule has 0 aromatic heterocycles. The lowest BCUT2D eigenvalue weighted by molar-refractivity contribution is -0.128. The van der Waals surface area contributed by atoms with Crippen molar-refractivity contribution in [3.63, 3.8) is 0 Å². The van der Waals surface area contributed by atoms with Crippen molar-refractivity contribution in [2.24, 2.45) is 5.41 Å². The highest BCUT2D eigenvalue weighted by atomic mass is 32.2. The van der Waals surface area contributed by atoms with Gasteiger partial charge < -0.3 is 4.74 Å². The van der Waals surface area contributed by atoms with Crippen LogP contribution in [-0.2, 0) is 10.2 Å². The second kappa shape index (κ2) is 9.39. The summed E-state index contributed by atoms with van der Waals surface area (Å²) < 4.78 is 5.85. The second-order valence-electron chi connectivity index (χ2n) is 9.15. The molecule has 1 aliphatic rings. The van der Waals surface area contributed by atoms with E-state index in [4.69, 9.17) is 10.00 Å². The predicted molar refractivity (Wildman–Crippen MR) is 122 cm³/mol. The van der Waals surface area contributed by atoms with E-state index in [0.29, 0.717) is 11.7 Å². The molecule has 0 saturated heterocycles. The lowest BCUT2D eigenvalue weighted by Gasteiger charge is -2.38. The van der Waals surface area contributed by atoms with Crippen molar-refractivity contribution in [2.45, 2.75) is 84.8 Å². The number of carbonyl (C=O) groups excluding carboxylic acids is 1. The summed E-state index contributed by atoms with van der Waals surface area (Å²) in [6.45, 7) is 14.6. The first kappa shape index (κ1) is 23.5. The molecule has 3 nitrogen and oxygen atoms in total. The van der Waals surface area contributed by atoms with E-state index < -0.39 is 0 Å². The number of hydrogen-bond acceptors (Lipinski definition) is 4. The molecule has 29 heavy (non-hydrogen) atoms. The van der Waals surface area contributed by atoms with Gasteiger partial charge in [-0.3, -0.25) is 4.79 Å². The number of ether oxygens (including phenoxy) is 1. The van der Waals surface area contributed by atoms with E-state index in [2.05, 4.69) is 45.9 Å². The van der Waals surface area contributed by atoms with Crippen LogP contribution < -0.4 is 4.74 Å². The van der Waals surface area contributed by atoms with Crippen molar-refractivity contribution in [1.82, 2.24) is 0 Å². The van der Waals surface area contributed by atoms with Crippen LogP contribution in [0.5, 0.6) is 5.75 Å². The van der Waals surface area contributed by atoms with Gasteiger partial charge in [0.2, 0.25) is 0 Å². The Bertz CT molecular complexity index is 822. The number of thioether (sulfide) groups is 1. The summed E-state index contributed by atoms with van der Waals surface area (Å²) in [5, 5.41) is 9.59. The van der Waals surface area contributed by atoms with Crippen LogP contribution in [0, 0.1) is 23.7 Å². The van der Waals surface area contributed by atoms with Gasteiger partial charge in [-0.25, -0.2) is 0 Å². The third kappa shape index (κ3) is 5.07. The summed E-state index contributed by atoms with van der Waals surface area (Å²) in [4.78, 5) is 13.5. The summed E-state index contributed by atoms with van der Waals surface area (Å²) in [6, 6.07) is 8.75. The molecule has 0 bridgehead atoms. The fraction of sp³-hybridized carbons (Fsp3) is 0.600. The molecule has 1 atom stereocenters. The van der Waals surface area contributed by atoms with Crippen molar-refractivity contribution < 1.29 is 9.53 Å². The number of hydrogen-bond donors (Lipinski definition) is 0. The SMILES string of the molecule is CCC(CC)(c1ccc(OCC(=O)C(C)(C)C)c(C)c1)C1CC(C)=C(CC#N)S1. The zero-order valence-corrected chi connectivity index (χ0v) is 19.8. The Morgan fingerprint density at radius 2 is 1.90 bits per heavy atom. The minimum atomic E-state index is -0.390. The van der Waals surface area contributed by atoms with Gasteiger partial charge >= 0.3 is 0 Å². The number of aryl methyl sites for hydroxylation is 1. The predicted octanol–water partition coefficient (Wildman–Crippen LogP) is 6.74. The lowest BCUT2D eigenvalue weighted by Crippen LogP contribution is -2.35. The second-order valence-corrected chi connectivity index (χ2v) is 10.5. The number of allylic oxidation sites excluding steroid dienone is 2. The number of nitrogens with zero attached hydrogens (tertiary/aromatic N) is 1. The van der Waals surface area contributed by atoms with Crippen LogP contribution >= 0.6 is 11.8 Å². The first-order valence-electron chi connectivity index (χ1n) is 10.6. The zero-order chi connectivity index (χ0) is 21.8. The van der Waals surface area contributed by atoms with Crippen LogP contribution in [0.1, 0.15) is 78.4 Å². The molecule has 158 valence electrons. The Morgan fingerprint density at radius 1 is 1.24 bits per heavy atom. The van der Waals surface area contributed by atoms with Crippen LogP contribution in [-0.4, -0.2) is 17.6 Å². The number of carbonyl (C=O) groups is 1. The normalized spacial score (nSPS) is 17.4. The molecule has 2 rings (SSSR count). The highest BCUT2D eigenvalue weighted by Gasteiger charge is 2.41. The molecule has 0 spiro atoms. The zero-order valence-electron chi connectivity index (χ0n) is 19.0. The summed E-state index contributed by atoms with van der Waals surface area (Å²) >= 11 is 1.90. The van der Waals surface area contributed by atoms with Gasteiger partial charge in [-0.1, -0.05) is 52.3 Å². The maximum Gasteiger partial charge on any atom is 0.175 e. The van der Waals surface area contributed by atoms with Crippen molar-refractivity contribution in [1.29, 1.82) is 5.26 Å². The van der Waals surface area contributed by atoms with Gasteiger partial charge in [0.25, 0.3) is 0 Å². The average molecular weight is 414 g/mol. The smallest absolute Gasteiger partial charge is 0.175 e. The molecule has 4 heteroatoms. The molecule has 1 heterocycles. The van der Waals surface area contributed by atoms with E-state index in [1.54, 1.807) is 0 Å². The monoisotopic (exact) mass is 413 g/mol. The van der Waals surface area contributed by atoms with Crippen LogP contribution in [0.3, 0.4) is 0 Å². The summed E-state index contributed by atoms with van der Waals surface area (Å²) in [5.41, 5.74) is 3.44. The summed E-state index contributed by atoms with van der Waals surface area (Å²) in [6.07, 6.45) is 3.66. The molecule has 0 radical (unpaired) electrons. The molecule has 1 aromatic carbocycles. The number of rotatable bonds is 8. The quantitative estimate of drug-likeness (QED) is 0.473. The van der Waals surface area contributed by atoms with Crippen LogP contribution in [0.2, 0.25) is 0 Å². The Labute approximate surface area is 180 Å².